The van der Waals surface area contributed by atoms with Crippen LogP contribution < -0.4 is 48.0 Å². The molecule has 0 bridgehead atoms. The predicted octanol–water partition coefficient (Wildman–Crippen LogP) is -3.80. The number of halogens is 2. The molecule has 0 aromatic heterocycles. The molecule has 132 valence electrons. The van der Waals surface area contributed by atoms with Crippen LogP contribution in [-0.4, -0.2) is 64.3 Å². The van der Waals surface area contributed by atoms with Crippen molar-refractivity contribution in [1.82, 2.24) is 0 Å². The molecule has 23 heavy (non-hydrogen) atoms. The minimum Gasteiger partial charge on any atom is -1.00 e. The third kappa shape index (κ3) is 17.1. The predicted molar refractivity (Wildman–Crippen MR) is 86.7 cm³/mol. The van der Waals surface area contributed by atoms with E-state index in [1.54, 1.807) is 0 Å². The van der Waals surface area contributed by atoms with Gasteiger partial charge in [0.2, 0.25) is 0 Å². The van der Waals surface area contributed by atoms with Crippen LogP contribution in [0.25, 0.3) is 0 Å². The SMILES string of the molecule is C[N+](C)(C)C[C]1[CH][CH][CH][CH]1.C[N+](C)(C)C[C]1[CH][CH][CH][CH]1.[Fe+2].[I-].[I-]. The molecule has 0 aliphatic heterocycles. The molecule has 0 heterocycles. The number of nitrogens with zero attached hydrogens (tertiary/aromatic N) is 2. The van der Waals surface area contributed by atoms with Gasteiger partial charge in [0.15, 0.2) is 0 Å². The second kappa shape index (κ2) is 14.0. The number of quaternary nitrogens is 2. The summed E-state index contributed by atoms with van der Waals surface area (Å²) in [4.78, 5) is 0. The maximum Gasteiger partial charge on any atom is 2.00 e. The van der Waals surface area contributed by atoms with Crippen molar-refractivity contribution in [3.8, 4) is 0 Å². The van der Waals surface area contributed by atoms with Crippen LogP contribution in [0.3, 0.4) is 0 Å². The maximum absolute atomic E-state index is 2.20. The van der Waals surface area contributed by atoms with Gasteiger partial charge in [-0.15, -0.1) is 0 Å². The maximum atomic E-state index is 2.20. The summed E-state index contributed by atoms with van der Waals surface area (Å²) in [5, 5.41) is 0. The molecule has 2 nitrogen and oxygen atoms in total. The zero-order valence-electron chi connectivity index (χ0n) is 15.0. The van der Waals surface area contributed by atoms with E-state index in [2.05, 4.69) is 93.7 Å². The van der Waals surface area contributed by atoms with Crippen molar-refractivity contribution >= 4 is 0 Å². The Balaban J connectivity index is -0.000000308. The van der Waals surface area contributed by atoms with Gasteiger partial charge in [0.05, 0.1) is 55.4 Å². The number of hydrogen-bond donors (Lipinski definition) is 0. The fourth-order valence-corrected chi connectivity index (χ4v) is 2.13. The Labute approximate surface area is 191 Å². The van der Waals surface area contributed by atoms with Crippen molar-refractivity contribution in [2.24, 2.45) is 0 Å². The summed E-state index contributed by atoms with van der Waals surface area (Å²) in [7, 11) is 13.2. The normalized spacial score (nSPS) is 19.0. The van der Waals surface area contributed by atoms with Gasteiger partial charge in [-0.2, -0.15) is 0 Å². The zero-order valence-corrected chi connectivity index (χ0v) is 20.5. The Bertz CT molecular complexity index is 235. The summed E-state index contributed by atoms with van der Waals surface area (Å²) >= 11 is 0. The first-order chi connectivity index (χ1) is 9.16. The van der Waals surface area contributed by atoms with Gasteiger partial charge < -0.3 is 56.9 Å². The van der Waals surface area contributed by atoms with Crippen LogP contribution in [0.4, 0.5) is 0 Å². The van der Waals surface area contributed by atoms with Crippen molar-refractivity contribution < 1.29 is 74.0 Å². The van der Waals surface area contributed by atoms with E-state index in [1.807, 2.05) is 0 Å². The monoisotopic (exact) mass is 584 g/mol. The molecule has 2 aliphatic carbocycles. The Kier molecular flexibility index (Phi) is 18.1. The molecule has 5 heteroatoms. The topological polar surface area (TPSA) is 0 Å². The van der Waals surface area contributed by atoms with Gasteiger partial charge in [-0.3, -0.25) is 0 Å². The summed E-state index contributed by atoms with van der Waals surface area (Å²) in [5.74, 6) is 2.85. The molecule has 0 spiro atoms. The molecule has 0 saturated heterocycles. The molecular formula is C18H30FeI2N2+2. The summed E-state index contributed by atoms with van der Waals surface area (Å²) in [5.41, 5.74) is 0. The molecule has 2 saturated carbocycles. The standard InChI is InChI=1S/2C9H15N.Fe.2HI/c2*1-10(2,3)8-9-6-4-5-7-9;;;/h2*4-7H,8H2,1-3H3;;2*1H/q2*+1;+2;;/p-2. The molecule has 2 rings (SSSR count). The summed E-state index contributed by atoms with van der Waals surface area (Å²) in [6.07, 6.45) is 17.0. The minimum atomic E-state index is 0. The molecule has 0 amide bonds. The van der Waals surface area contributed by atoms with Gasteiger partial charge in [-0.25, -0.2) is 0 Å². The van der Waals surface area contributed by atoms with Crippen LogP contribution in [0.1, 0.15) is 0 Å². The van der Waals surface area contributed by atoms with E-state index in [-0.39, 0.29) is 65.0 Å². The van der Waals surface area contributed by atoms with Crippen LogP contribution in [0.5, 0.6) is 0 Å². The number of rotatable bonds is 4. The minimum absolute atomic E-state index is 0. The largest absolute Gasteiger partial charge is 2.00 e. The molecule has 0 aromatic carbocycles. The van der Waals surface area contributed by atoms with Crippen LogP contribution in [-0.2, 0) is 17.1 Å². The molecule has 0 aromatic rings. The molecule has 2 fully saturated rings. The Hall–Kier alpha value is 1.90. The van der Waals surface area contributed by atoms with Crippen LogP contribution >= 0.6 is 0 Å². The van der Waals surface area contributed by atoms with Crippen LogP contribution in [0, 0.1) is 63.2 Å². The van der Waals surface area contributed by atoms with Crippen molar-refractivity contribution in [3.63, 3.8) is 0 Å². The molecule has 0 N–H and O–H groups in total. The third-order valence-electron chi connectivity index (χ3n) is 2.78. The van der Waals surface area contributed by atoms with E-state index >= 15 is 0 Å². The van der Waals surface area contributed by atoms with Gasteiger partial charge in [-0.1, -0.05) is 0 Å². The van der Waals surface area contributed by atoms with Gasteiger partial charge >= 0.3 is 17.1 Å². The molecule has 2 aliphatic rings. The van der Waals surface area contributed by atoms with Gasteiger partial charge in [-0.05, 0) is 51.4 Å². The second-order valence-corrected chi connectivity index (χ2v) is 7.48. The Morgan fingerprint density at radius 3 is 0.957 bits per heavy atom. The fourth-order valence-electron chi connectivity index (χ4n) is 2.13. The molecule has 0 atom stereocenters. The fraction of sp³-hybridized carbons (Fsp3) is 0.444. The summed E-state index contributed by atoms with van der Waals surface area (Å²) < 4.78 is 2.01. The second-order valence-electron chi connectivity index (χ2n) is 7.48. The summed E-state index contributed by atoms with van der Waals surface area (Å²) in [6.45, 7) is 2.24. The first kappa shape index (κ1) is 29.7. The summed E-state index contributed by atoms with van der Waals surface area (Å²) in [6, 6.07) is 0. The molecule has 10 radical (unpaired) electrons. The Morgan fingerprint density at radius 2 is 0.783 bits per heavy atom. The van der Waals surface area contributed by atoms with Crippen molar-refractivity contribution in [2.75, 3.05) is 55.4 Å². The quantitative estimate of drug-likeness (QED) is 0.181. The van der Waals surface area contributed by atoms with E-state index in [1.165, 1.54) is 11.8 Å². The van der Waals surface area contributed by atoms with Gasteiger partial charge in [0.1, 0.15) is 0 Å². The van der Waals surface area contributed by atoms with Crippen molar-refractivity contribution in [3.05, 3.63) is 63.2 Å². The van der Waals surface area contributed by atoms with Crippen LogP contribution in [0.15, 0.2) is 0 Å². The smallest absolute Gasteiger partial charge is 1.00 e. The molecule has 0 unspecified atom stereocenters. The van der Waals surface area contributed by atoms with Crippen molar-refractivity contribution in [2.45, 2.75) is 0 Å². The zero-order chi connectivity index (χ0) is 15.2. The first-order valence-corrected chi connectivity index (χ1v) is 7.18. The van der Waals surface area contributed by atoms with Crippen molar-refractivity contribution in [1.29, 1.82) is 0 Å². The van der Waals surface area contributed by atoms with Gasteiger partial charge in [0.25, 0.3) is 0 Å². The van der Waals surface area contributed by atoms with E-state index < -0.39 is 0 Å². The Morgan fingerprint density at radius 1 is 0.565 bits per heavy atom. The van der Waals surface area contributed by atoms with E-state index in [0.29, 0.717) is 0 Å². The average Bonchev–Trinajstić information content (AvgIpc) is 2.87. The molecular weight excluding hydrogens is 554 g/mol. The third-order valence-corrected chi connectivity index (χ3v) is 2.78. The van der Waals surface area contributed by atoms with E-state index in [9.17, 15) is 0 Å². The number of hydrogen-bond acceptors (Lipinski definition) is 0. The van der Waals surface area contributed by atoms with Gasteiger partial charge in [0, 0.05) is 11.8 Å². The average molecular weight is 584 g/mol. The van der Waals surface area contributed by atoms with E-state index in [0.717, 1.165) is 22.1 Å². The van der Waals surface area contributed by atoms with Crippen LogP contribution in [0.2, 0.25) is 0 Å². The van der Waals surface area contributed by atoms with E-state index in [4.69, 9.17) is 0 Å². The first-order valence-electron chi connectivity index (χ1n) is 7.18.